The number of rotatable bonds is 0. The van der Waals surface area contributed by atoms with Gasteiger partial charge in [-0.15, -0.1) is 0 Å². The van der Waals surface area contributed by atoms with E-state index in [2.05, 4.69) is 7.41 Å². The average molecular weight is 176 g/mol. The van der Waals surface area contributed by atoms with Crippen molar-refractivity contribution in [3.8, 4) is 0 Å². The van der Waals surface area contributed by atoms with Gasteiger partial charge in [-0.25, -0.2) is 0 Å². The van der Waals surface area contributed by atoms with Crippen molar-refractivity contribution in [2.75, 3.05) is 7.05 Å². The Morgan fingerprint density at radius 1 is 1.54 bits per heavy atom. The summed E-state index contributed by atoms with van der Waals surface area (Å²) in [5.74, 6) is 1.99. The van der Waals surface area contributed by atoms with Gasteiger partial charge in [0.2, 0.25) is 5.91 Å². The maximum absolute atomic E-state index is 12.0. The quantitative estimate of drug-likeness (QED) is 0.509. The molecule has 1 saturated heterocycles. The summed E-state index contributed by atoms with van der Waals surface area (Å²) in [4.78, 5) is 13.8. The predicted molar refractivity (Wildman–Crippen MR) is 51.2 cm³/mol. The van der Waals surface area contributed by atoms with Gasteiger partial charge in [-0.3, -0.25) is 4.79 Å². The molecule has 0 aromatic heterocycles. The molecular weight excluding hydrogens is 161 g/mol. The first-order valence-electron chi connectivity index (χ1n) is 5.33. The third-order valence-corrected chi connectivity index (χ3v) is 4.45. The number of carbonyl (C=O) groups is 1. The van der Waals surface area contributed by atoms with E-state index in [1.165, 1.54) is 25.7 Å². The van der Waals surface area contributed by atoms with Crippen molar-refractivity contribution in [3.05, 3.63) is 0 Å². The average Bonchev–Trinajstić information content (AvgIpc) is 2.77. The Morgan fingerprint density at radius 2 is 2.38 bits per heavy atom. The summed E-state index contributed by atoms with van der Waals surface area (Å²) in [6, 6.07) is 0. The maximum Gasteiger partial charge on any atom is 0.250 e. The molecule has 3 aliphatic rings. The van der Waals surface area contributed by atoms with E-state index < -0.39 is 0 Å². The van der Waals surface area contributed by atoms with Gasteiger partial charge in [0.05, 0.1) is 0 Å². The first-order chi connectivity index (χ1) is 6.22. The molecule has 3 heteroatoms. The summed E-state index contributed by atoms with van der Waals surface area (Å²) in [7, 11) is 3.99. The zero-order valence-corrected chi connectivity index (χ0v) is 8.12. The molecule has 69 valence electrons. The van der Waals surface area contributed by atoms with Crippen molar-refractivity contribution >= 4 is 13.3 Å². The van der Waals surface area contributed by atoms with Crippen molar-refractivity contribution in [2.45, 2.75) is 32.0 Å². The lowest BCUT2D eigenvalue weighted by molar-refractivity contribution is -0.135. The molecule has 1 amide bonds. The minimum atomic E-state index is 0.0671. The maximum atomic E-state index is 12.0. The number of fused-ring (bicyclic) bond motifs is 3. The SMILES string of the molecule is CN1[B]CC2(CC3CCC2C3)C1=O. The highest BCUT2D eigenvalue weighted by Gasteiger charge is 2.58. The molecule has 2 saturated carbocycles. The normalized spacial score (nSPS) is 47.8. The Balaban J connectivity index is 1.94. The van der Waals surface area contributed by atoms with Crippen LogP contribution >= 0.6 is 0 Å². The van der Waals surface area contributed by atoms with Crippen LogP contribution in [0.15, 0.2) is 0 Å². The number of amides is 1. The van der Waals surface area contributed by atoms with Crippen LogP contribution in [0.25, 0.3) is 0 Å². The molecule has 0 N–H and O–H groups in total. The van der Waals surface area contributed by atoms with Crippen molar-refractivity contribution in [1.82, 2.24) is 4.81 Å². The topological polar surface area (TPSA) is 20.3 Å². The second-order valence-electron chi connectivity index (χ2n) is 5.04. The smallest absolute Gasteiger partial charge is 0.250 e. The first-order valence-corrected chi connectivity index (χ1v) is 5.33. The van der Waals surface area contributed by atoms with Gasteiger partial charge in [-0.05, 0) is 44.5 Å². The lowest BCUT2D eigenvalue weighted by atomic mass is 9.66. The van der Waals surface area contributed by atoms with Crippen molar-refractivity contribution in [2.24, 2.45) is 17.3 Å². The van der Waals surface area contributed by atoms with E-state index in [0.717, 1.165) is 12.2 Å². The third kappa shape index (κ3) is 0.830. The van der Waals surface area contributed by atoms with Crippen LogP contribution in [0, 0.1) is 17.3 Å². The second-order valence-corrected chi connectivity index (χ2v) is 5.04. The van der Waals surface area contributed by atoms with Gasteiger partial charge in [0.15, 0.2) is 0 Å². The second kappa shape index (κ2) is 2.31. The summed E-state index contributed by atoms with van der Waals surface area (Å²) < 4.78 is 0. The van der Waals surface area contributed by atoms with Crippen molar-refractivity contribution in [1.29, 1.82) is 0 Å². The lowest BCUT2D eigenvalue weighted by Gasteiger charge is -2.32. The standard InChI is InChI=1S/C10H15BNO/c1-12-9(13)10(6-11-12)5-7-2-3-8(10)4-7/h7-8H,2-6H2,1H3. The molecule has 1 aliphatic heterocycles. The minimum absolute atomic E-state index is 0.0671. The number of hydrogen-bond acceptors (Lipinski definition) is 1. The fraction of sp³-hybridized carbons (Fsp3) is 0.900. The van der Waals surface area contributed by atoms with Gasteiger partial charge in [-0.2, -0.15) is 0 Å². The Kier molecular flexibility index (Phi) is 1.40. The fourth-order valence-electron chi connectivity index (χ4n) is 3.78. The number of carbonyl (C=O) groups excluding carboxylic acids is 1. The molecular formula is C10H15BNO. The highest BCUT2D eigenvalue weighted by molar-refractivity contribution is 6.41. The molecule has 2 aliphatic carbocycles. The van der Waals surface area contributed by atoms with Crippen LogP contribution in [0.2, 0.25) is 6.32 Å². The van der Waals surface area contributed by atoms with E-state index >= 15 is 0 Å². The molecule has 0 aromatic carbocycles. The first kappa shape index (κ1) is 7.89. The van der Waals surface area contributed by atoms with Crippen LogP contribution in [-0.4, -0.2) is 25.2 Å². The van der Waals surface area contributed by atoms with Gasteiger partial charge in [-0.1, -0.05) is 6.42 Å². The van der Waals surface area contributed by atoms with Gasteiger partial charge < -0.3 is 4.81 Å². The number of hydrogen-bond donors (Lipinski definition) is 0. The van der Waals surface area contributed by atoms with E-state index in [4.69, 9.17) is 0 Å². The summed E-state index contributed by atoms with van der Waals surface area (Å²) >= 11 is 0. The van der Waals surface area contributed by atoms with Crippen LogP contribution in [0.3, 0.4) is 0 Å². The molecule has 3 fully saturated rings. The molecule has 3 unspecified atom stereocenters. The predicted octanol–water partition coefficient (Wildman–Crippen LogP) is 1.30. The number of nitrogens with zero attached hydrogens (tertiary/aromatic N) is 1. The third-order valence-electron chi connectivity index (χ3n) is 4.45. The van der Waals surface area contributed by atoms with Crippen molar-refractivity contribution in [3.63, 3.8) is 0 Å². The van der Waals surface area contributed by atoms with Gasteiger partial charge >= 0.3 is 0 Å². The highest BCUT2D eigenvalue weighted by Crippen LogP contribution is 2.60. The zero-order chi connectivity index (χ0) is 9.05. The van der Waals surface area contributed by atoms with Crippen LogP contribution in [0.1, 0.15) is 25.7 Å². The van der Waals surface area contributed by atoms with Gasteiger partial charge in [0.1, 0.15) is 0 Å². The van der Waals surface area contributed by atoms with E-state index in [9.17, 15) is 4.79 Å². The van der Waals surface area contributed by atoms with Gasteiger partial charge in [0.25, 0.3) is 7.41 Å². The Morgan fingerprint density at radius 3 is 2.85 bits per heavy atom. The summed E-state index contributed by atoms with van der Waals surface area (Å²) in [6.07, 6.45) is 6.20. The van der Waals surface area contributed by atoms with E-state index in [1.807, 2.05) is 11.9 Å². The highest BCUT2D eigenvalue weighted by atomic mass is 16.2. The molecule has 2 bridgehead atoms. The van der Waals surface area contributed by atoms with Crippen LogP contribution in [0.4, 0.5) is 0 Å². The summed E-state index contributed by atoms with van der Waals surface area (Å²) in [6.45, 7) is 0. The molecule has 1 heterocycles. The molecule has 3 rings (SSSR count). The molecule has 13 heavy (non-hydrogen) atoms. The van der Waals surface area contributed by atoms with E-state index in [1.54, 1.807) is 0 Å². The summed E-state index contributed by atoms with van der Waals surface area (Å²) in [5, 5.41) is 0. The Labute approximate surface area is 79.9 Å². The summed E-state index contributed by atoms with van der Waals surface area (Å²) in [5.41, 5.74) is 0.0671. The molecule has 2 nitrogen and oxygen atoms in total. The van der Waals surface area contributed by atoms with Crippen LogP contribution < -0.4 is 0 Å². The molecule has 0 aromatic rings. The van der Waals surface area contributed by atoms with Crippen molar-refractivity contribution < 1.29 is 4.79 Å². The monoisotopic (exact) mass is 176 g/mol. The lowest BCUT2D eigenvalue weighted by Crippen LogP contribution is -2.36. The van der Waals surface area contributed by atoms with Crippen LogP contribution in [0.5, 0.6) is 0 Å². The fourth-order valence-corrected chi connectivity index (χ4v) is 3.78. The molecule has 3 atom stereocenters. The van der Waals surface area contributed by atoms with E-state index in [-0.39, 0.29) is 5.41 Å². The zero-order valence-electron chi connectivity index (χ0n) is 8.12. The molecule has 1 radical (unpaired) electrons. The van der Waals surface area contributed by atoms with E-state index in [0.29, 0.717) is 11.8 Å². The Hall–Kier alpha value is -0.465. The minimum Gasteiger partial charge on any atom is -0.393 e. The molecule has 1 spiro atoms. The largest absolute Gasteiger partial charge is 0.393 e. The Bertz CT molecular complexity index is 268. The van der Waals surface area contributed by atoms with Crippen LogP contribution in [-0.2, 0) is 4.79 Å². The van der Waals surface area contributed by atoms with Gasteiger partial charge in [0, 0.05) is 5.41 Å².